The van der Waals surface area contributed by atoms with Crippen LogP contribution in [0.25, 0.3) is 0 Å². The fraction of sp³-hybridized carbons (Fsp3) is 0.500. The van der Waals surface area contributed by atoms with Gasteiger partial charge in [0.1, 0.15) is 9.75 Å². The topological polar surface area (TPSA) is 84.5 Å². The Morgan fingerprint density at radius 2 is 1.65 bits per heavy atom. The Morgan fingerprint density at radius 3 is 2.15 bits per heavy atom. The molecule has 1 aromatic rings. The van der Waals surface area contributed by atoms with Gasteiger partial charge < -0.3 is 15.4 Å². The number of benzene rings is 1. The average molecular weight is 401 g/mol. The lowest BCUT2D eigenvalue weighted by atomic mass is 10.1. The maximum absolute atomic E-state index is 12.0. The zero-order valence-electron chi connectivity index (χ0n) is 15.2. The highest BCUT2D eigenvalue weighted by Gasteiger charge is 2.69. The van der Waals surface area contributed by atoms with E-state index < -0.39 is 28.2 Å². The van der Waals surface area contributed by atoms with Crippen molar-refractivity contribution in [2.45, 2.75) is 38.4 Å². The van der Waals surface area contributed by atoms with Gasteiger partial charge in [0.05, 0.1) is 6.54 Å². The number of ether oxygens (including phenoxy) is 1. The van der Waals surface area contributed by atoms with Crippen LogP contribution in [-0.4, -0.2) is 35.3 Å². The normalized spacial score (nSPS) is 20.2. The van der Waals surface area contributed by atoms with Crippen molar-refractivity contribution in [2.75, 3.05) is 18.5 Å². The minimum Gasteiger partial charge on any atom is -0.455 e. The molecule has 1 aromatic carbocycles. The number of esters is 1. The van der Waals surface area contributed by atoms with Gasteiger partial charge in [-0.1, -0.05) is 17.7 Å². The van der Waals surface area contributed by atoms with Crippen molar-refractivity contribution in [1.29, 1.82) is 0 Å². The molecule has 1 fully saturated rings. The molecular weight excluding hydrogens is 379 g/mol. The van der Waals surface area contributed by atoms with Crippen LogP contribution in [0.5, 0.6) is 0 Å². The molecule has 0 radical (unpaired) electrons. The molecule has 2 N–H and O–H groups in total. The van der Waals surface area contributed by atoms with Crippen LogP contribution in [0.3, 0.4) is 0 Å². The van der Waals surface area contributed by atoms with Crippen molar-refractivity contribution in [3.63, 3.8) is 0 Å². The van der Waals surface area contributed by atoms with Crippen LogP contribution in [-0.2, 0) is 19.1 Å². The molecule has 0 heterocycles. The molecule has 142 valence electrons. The molecule has 2 amide bonds. The highest BCUT2D eigenvalue weighted by Crippen LogP contribution is 2.64. The van der Waals surface area contributed by atoms with Gasteiger partial charge in [-0.05, 0) is 38.8 Å². The zero-order valence-corrected chi connectivity index (χ0v) is 16.7. The fourth-order valence-electron chi connectivity index (χ4n) is 2.70. The summed E-state index contributed by atoms with van der Waals surface area (Å²) in [6, 6.07) is 3.93. The predicted octanol–water partition coefficient (Wildman–Crippen LogP) is 2.79. The standard InChI is InChI=1S/C18H22Cl2N2O4/c1-10-5-11(2)15(12(3)6-10)22-13(23)7-21-14(24)8-26-16(25)17(4)9-18(17,19)20/h5-6H,7-9H2,1-4H3,(H,21,24)(H,22,23)/t17-/m0/s1. The largest absolute Gasteiger partial charge is 0.455 e. The number of carbonyl (C=O) groups excluding carboxylic acids is 3. The molecule has 0 aliphatic heterocycles. The fourth-order valence-corrected chi connectivity index (χ4v) is 3.39. The first-order chi connectivity index (χ1) is 12.0. The number of hydrogen-bond donors (Lipinski definition) is 2. The molecule has 0 bridgehead atoms. The summed E-state index contributed by atoms with van der Waals surface area (Å²) in [4.78, 5) is 35.7. The van der Waals surface area contributed by atoms with Crippen LogP contribution < -0.4 is 10.6 Å². The monoisotopic (exact) mass is 400 g/mol. The molecule has 26 heavy (non-hydrogen) atoms. The van der Waals surface area contributed by atoms with E-state index in [-0.39, 0.29) is 18.9 Å². The molecule has 1 aliphatic rings. The quantitative estimate of drug-likeness (QED) is 0.567. The number of anilines is 1. The van der Waals surface area contributed by atoms with E-state index in [0.717, 1.165) is 22.4 Å². The van der Waals surface area contributed by atoms with Gasteiger partial charge in [0.15, 0.2) is 6.61 Å². The van der Waals surface area contributed by atoms with Crippen molar-refractivity contribution >= 4 is 46.7 Å². The lowest BCUT2D eigenvalue weighted by Crippen LogP contribution is -2.36. The first-order valence-corrected chi connectivity index (χ1v) is 8.91. The van der Waals surface area contributed by atoms with Gasteiger partial charge in [-0.3, -0.25) is 14.4 Å². The van der Waals surface area contributed by atoms with Gasteiger partial charge in [-0.25, -0.2) is 0 Å². The number of aryl methyl sites for hydroxylation is 3. The van der Waals surface area contributed by atoms with Crippen LogP contribution in [0.2, 0.25) is 0 Å². The second-order valence-corrected chi connectivity index (χ2v) is 8.37. The van der Waals surface area contributed by atoms with Gasteiger partial charge in [-0.2, -0.15) is 0 Å². The summed E-state index contributed by atoms with van der Waals surface area (Å²) in [6.45, 7) is 6.64. The average Bonchev–Trinajstić information content (AvgIpc) is 3.06. The van der Waals surface area contributed by atoms with E-state index >= 15 is 0 Å². The van der Waals surface area contributed by atoms with Crippen LogP contribution in [0.1, 0.15) is 30.0 Å². The predicted molar refractivity (Wildman–Crippen MR) is 100 cm³/mol. The summed E-state index contributed by atoms with van der Waals surface area (Å²) in [5.41, 5.74) is 2.73. The van der Waals surface area contributed by atoms with Crippen molar-refractivity contribution < 1.29 is 19.1 Å². The Kier molecular flexibility index (Phi) is 5.88. The zero-order chi connectivity index (χ0) is 19.7. The Balaban J connectivity index is 1.77. The van der Waals surface area contributed by atoms with Crippen LogP contribution in [0, 0.1) is 26.2 Å². The summed E-state index contributed by atoms with van der Waals surface area (Å²) in [5.74, 6) is -1.58. The van der Waals surface area contributed by atoms with Gasteiger partial charge in [0.2, 0.25) is 5.91 Å². The molecular formula is C18H22Cl2N2O4. The molecule has 0 saturated heterocycles. The molecule has 1 aliphatic carbocycles. The van der Waals surface area contributed by atoms with Crippen molar-refractivity contribution in [3.8, 4) is 0 Å². The SMILES string of the molecule is Cc1cc(C)c(NC(=O)CNC(=O)COC(=O)[C@]2(C)CC2(Cl)Cl)c(C)c1. The van der Waals surface area contributed by atoms with E-state index in [2.05, 4.69) is 10.6 Å². The third-order valence-corrected chi connectivity index (χ3v) is 5.53. The summed E-state index contributed by atoms with van der Waals surface area (Å²) in [7, 11) is 0. The Labute approximate surface area is 162 Å². The number of rotatable bonds is 6. The number of halogens is 2. The number of alkyl halides is 2. The summed E-state index contributed by atoms with van der Waals surface area (Å²) in [5, 5.41) is 5.18. The Morgan fingerprint density at radius 1 is 1.12 bits per heavy atom. The van der Waals surface area contributed by atoms with Crippen molar-refractivity contribution in [3.05, 3.63) is 28.8 Å². The maximum Gasteiger partial charge on any atom is 0.315 e. The van der Waals surface area contributed by atoms with Gasteiger partial charge in [-0.15, -0.1) is 23.2 Å². The summed E-state index contributed by atoms with van der Waals surface area (Å²) in [6.07, 6.45) is 0.279. The van der Waals surface area contributed by atoms with E-state index in [0.29, 0.717) is 0 Å². The molecule has 6 nitrogen and oxygen atoms in total. The molecule has 0 spiro atoms. The number of hydrogen-bond acceptors (Lipinski definition) is 4. The van der Waals surface area contributed by atoms with Crippen molar-refractivity contribution in [2.24, 2.45) is 5.41 Å². The van der Waals surface area contributed by atoms with Crippen molar-refractivity contribution in [1.82, 2.24) is 5.32 Å². The minimum absolute atomic E-state index is 0.227. The van der Waals surface area contributed by atoms with Gasteiger partial charge in [0, 0.05) is 12.1 Å². The molecule has 0 unspecified atom stereocenters. The number of amides is 2. The number of nitrogens with one attached hydrogen (secondary N) is 2. The maximum atomic E-state index is 12.0. The molecule has 0 aromatic heterocycles. The third-order valence-electron chi connectivity index (χ3n) is 4.43. The molecule has 1 saturated carbocycles. The summed E-state index contributed by atoms with van der Waals surface area (Å²) < 4.78 is 3.77. The van der Waals surface area contributed by atoms with E-state index in [4.69, 9.17) is 27.9 Å². The lowest BCUT2D eigenvalue weighted by molar-refractivity contribution is -0.153. The third kappa shape index (κ3) is 4.48. The minimum atomic E-state index is -1.15. The second-order valence-electron chi connectivity index (χ2n) is 6.89. The van der Waals surface area contributed by atoms with E-state index in [9.17, 15) is 14.4 Å². The molecule has 1 atom stereocenters. The highest BCUT2D eigenvalue weighted by molar-refractivity contribution is 6.53. The first kappa shape index (κ1) is 20.5. The second kappa shape index (κ2) is 7.45. The summed E-state index contributed by atoms with van der Waals surface area (Å²) >= 11 is 11.8. The number of carbonyl (C=O) groups is 3. The molecule has 2 rings (SSSR count). The lowest BCUT2D eigenvalue weighted by Gasteiger charge is -2.14. The first-order valence-electron chi connectivity index (χ1n) is 8.16. The molecule has 8 heteroatoms. The van der Waals surface area contributed by atoms with Crippen LogP contribution in [0.15, 0.2) is 12.1 Å². The van der Waals surface area contributed by atoms with E-state index in [1.807, 2.05) is 32.9 Å². The van der Waals surface area contributed by atoms with Gasteiger partial charge in [0.25, 0.3) is 5.91 Å². The van der Waals surface area contributed by atoms with Crippen LogP contribution in [0.4, 0.5) is 5.69 Å². The van der Waals surface area contributed by atoms with Gasteiger partial charge >= 0.3 is 5.97 Å². The smallest absolute Gasteiger partial charge is 0.315 e. The van der Waals surface area contributed by atoms with E-state index in [1.165, 1.54) is 0 Å². The van der Waals surface area contributed by atoms with Crippen LogP contribution >= 0.6 is 23.2 Å². The highest BCUT2D eigenvalue weighted by atomic mass is 35.5. The Bertz CT molecular complexity index is 741. The van der Waals surface area contributed by atoms with E-state index in [1.54, 1.807) is 6.92 Å². The Hall–Kier alpha value is -1.79.